The number of anilines is 1. The molecule has 0 saturated carbocycles. The lowest BCUT2D eigenvalue weighted by molar-refractivity contribution is -0.139. The van der Waals surface area contributed by atoms with Crippen LogP contribution in [0, 0.1) is 6.92 Å². The molecule has 10 heteroatoms. The van der Waals surface area contributed by atoms with Gasteiger partial charge in [0.05, 0.1) is 17.7 Å². The molecule has 4 aromatic rings. The molecule has 0 aliphatic heterocycles. The molecule has 1 atom stereocenters. The first-order chi connectivity index (χ1) is 20.6. The second kappa shape index (κ2) is 14.2. The van der Waals surface area contributed by atoms with Gasteiger partial charge in [0.1, 0.15) is 18.3 Å². The maximum atomic E-state index is 14.3. The number of methoxy groups -OCH3 is 1. The number of likely N-dealkylation sites (N-methyl/N-ethyl adjacent to an activating group) is 1. The van der Waals surface area contributed by atoms with Crippen LogP contribution in [0.25, 0.3) is 0 Å². The Morgan fingerprint density at radius 2 is 1.58 bits per heavy atom. The van der Waals surface area contributed by atoms with Crippen molar-refractivity contribution >= 4 is 39.1 Å². The lowest BCUT2D eigenvalue weighted by Crippen LogP contribution is -2.53. The van der Waals surface area contributed by atoms with E-state index in [1.54, 1.807) is 18.2 Å². The van der Waals surface area contributed by atoms with E-state index in [9.17, 15) is 18.0 Å². The number of sulfonamides is 1. The number of amides is 2. The predicted molar refractivity (Wildman–Crippen MR) is 169 cm³/mol. The minimum absolute atomic E-state index is 0.0290. The summed E-state index contributed by atoms with van der Waals surface area (Å²) in [6, 6.07) is 28.3. The smallest absolute Gasteiger partial charge is 0.264 e. The summed E-state index contributed by atoms with van der Waals surface area (Å²) in [4.78, 5) is 29.1. The van der Waals surface area contributed by atoms with Crippen LogP contribution in [0.1, 0.15) is 16.7 Å². The number of halogens is 1. The summed E-state index contributed by atoms with van der Waals surface area (Å²) in [5, 5.41) is 3.00. The predicted octanol–water partition coefficient (Wildman–Crippen LogP) is 5.24. The van der Waals surface area contributed by atoms with Crippen LogP contribution < -0.4 is 14.4 Å². The molecular formula is C33H34ClN3O5S. The normalized spacial score (nSPS) is 11.8. The van der Waals surface area contributed by atoms with E-state index in [0.717, 1.165) is 21.0 Å². The maximum Gasteiger partial charge on any atom is 0.264 e. The van der Waals surface area contributed by atoms with E-state index in [-0.39, 0.29) is 29.5 Å². The minimum Gasteiger partial charge on any atom is -0.497 e. The van der Waals surface area contributed by atoms with Gasteiger partial charge in [-0.25, -0.2) is 8.42 Å². The van der Waals surface area contributed by atoms with Crippen molar-refractivity contribution in [3.05, 3.63) is 125 Å². The molecule has 224 valence electrons. The van der Waals surface area contributed by atoms with Gasteiger partial charge in [0.15, 0.2) is 0 Å². The number of benzene rings is 4. The highest BCUT2D eigenvalue weighted by atomic mass is 35.5. The van der Waals surface area contributed by atoms with Crippen molar-refractivity contribution in [3.8, 4) is 5.75 Å². The summed E-state index contributed by atoms with van der Waals surface area (Å²) in [5.41, 5.74) is 2.85. The molecule has 0 aromatic heterocycles. The largest absolute Gasteiger partial charge is 0.497 e. The SMILES string of the molecule is CNC(=O)[C@H](Cc1ccccc1)N(Cc1ccccc1C)C(=O)CN(c1cccc(Cl)c1)S(=O)(=O)c1ccc(OC)cc1. The Hall–Kier alpha value is -4.34. The second-order valence-corrected chi connectivity index (χ2v) is 12.2. The molecule has 2 amide bonds. The summed E-state index contributed by atoms with van der Waals surface area (Å²) in [6.07, 6.45) is 0.237. The Labute approximate surface area is 257 Å². The van der Waals surface area contributed by atoms with Crippen molar-refractivity contribution in [3.63, 3.8) is 0 Å². The number of rotatable bonds is 12. The molecule has 0 spiro atoms. The first-order valence-corrected chi connectivity index (χ1v) is 15.5. The fourth-order valence-corrected chi connectivity index (χ4v) is 6.32. The number of ether oxygens (including phenoxy) is 1. The van der Waals surface area contributed by atoms with Crippen molar-refractivity contribution in [1.82, 2.24) is 10.2 Å². The van der Waals surface area contributed by atoms with Crippen molar-refractivity contribution in [1.29, 1.82) is 0 Å². The van der Waals surface area contributed by atoms with Crippen molar-refractivity contribution in [2.75, 3.05) is 25.0 Å². The Kier molecular flexibility index (Phi) is 10.4. The van der Waals surface area contributed by atoms with Gasteiger partial charge in [-0.3, -0.25) is 13.9 Å². The van der Waals surface area contributed by atoms with Crippen LogP contribution in [0.2, 0.25) is 5.02 Å². The van der Waals surface area contributed by atoms with Gasteiger partial charge in [-0.15, -0.1) is 0 Å². The summed E-state index contributed by atoms with van der Waals surface area (Å²) >= 11 is 6.26. The van der Waals surface area contributed by atoms with Crippen LogP contribution in [0.3, 0.4) is 0 Å². The minimum atomic E-state index is -4.24. The molecule has 0 heterocycles. The third-order valence-electron chi connectivity index (χ3n) is 7.14. The van der Waals surface area contributed by atoms with Crippen LogP contribution >= 0.6 is 11.6 Å². The Morgan fingerprint density at radius 1 is 0.907 bits per heavy atom. The molecule has 0 fully saturated rings. The lowest BCUT2D eigenvalue weighted by atomic mass is 10.0. The van der Waals surface area contributed by atoms with Gasteiger partial charge in [-0.1, -0.05) is 72.3 Å². The fraction of sp³-hybridized carbons (Fsp3) is 0.212. The number of aryl methyl sites for hydroxylation is 1. The van der Waals surface area contributed by atoms with Crippen LogP contribution in [0.4, 0.5) is 5.69 Å². The first kappa shape index (κ1) is 31.6. The lowest BCUT2D eigenvalue weighted by Gasteiger charge is -2.34. The standard InChI is InChI=1S/C33H34ClN3O5S/c1-24-10-7-8-13-26(24)22-36(31(33(39)35-2)20-25-11-5-4-6-12-25)32(38)23-37(28-15-9-14-27(34)21-28)43(40,41)30-18-16-29(42-3)17-19-30/h4-19,21,31H,20,22-23H2,1-3H3,(H,35,39)/t31-/m0/s1. The zero-order chi connectivity index (χ0) is 31.0. The number of nitrogens with one attached hydrogen (secondary N) is 1. The Balaban J connectivity index is 1.79. The van der Waals surface area contributed by atoms with E-state index in [1.165, 1.54) is 49.4 Å². The van der Waals surface area contributed by atoms with E-state index in [2.05, 4.69) is 5.32 Å². The zero-order valence-electron chi connectivity index (χ0n) is 24.2. The van der Waals surface area contributed by atoms with Gasteiger partial charge in [0.2, 0.25) is 11.8 Å². The summed E-state index contributed by atoms with van der Waals surface area (Å²) in [6.45, 7) is 1.46. The topological polar surface area (TPSA) is 96.0 Å². The molecule has 43 heavy (non-hydrogen) atoms. The molecule has 0 radical (unpaired) electrons. The van der Waals surface area contributed by atoms with Crippen molar-refractivity contribution in [2.45, 2.75) is 30.8 Å². The highest BCUT2D eigenvalue weighted by Gasteiger charge is 2.34. The quantitative estimate of drug-likeness (QED) is 0.234. The van der Waals surface area contributed by atoms with Crippen LogP contribution in [-0.4, -0.2) is 51.9 Å². The molecule has 0 aliphatic rings. The third-order valence-corrected chi connectivity index (χ3v) is 9.17. The van der Waals surface area contributed by atoms with E-state index < -0.39 is 28.5 Å². The second-order valence-electron chi connectivity index (χ2n) is 9.93. The monoisotopic (exact) mass is 619 g/mol. The first-order valence-electron chi connectivity index (χ1n) is 13.7. The number of carbonyl (C=O) groups excluding carboxylic acids is 2. The highest BCUT2D eigenvalue weighted by molar-refractivity contribution is 7.92. The zero-order valence-corrected chi connectivity index (χ0v) is 25.8. The average molecular weight is 620 g/mol. The highest BCUT2D eigenvalue weighted by Crippen LogP contribution is 2.28. The van der Waals surface area contributed by atoms with Gasteiger partial charge < -0.3 is 15.0 Å². The molecule has 4 aromatic carbocycles. The van der Waals surface area contributed by atoms with E-state index in [0.29, 0.717) is 10.8 Å². The van der Waals surface area contributed by atoms with E-state index in [4.69, 9.17) is 16.3 Å². The van der Waals surface area contributed by atoms with Crippen molar-refractivity contribution in [2.24, 2.45) is 0 Å². The van der Waals surface area contributed by atoms with Gasteiger partial charge in [0, 0.05) is 25.0 Å². The molecule has 8 nitrogen and oxygen atoms in total. The Morgan fingerprint density at radius 3 is 2.21 bits per heavy atom. The van der Waals surface area contributed by atoms with Crippen molar-refractivity contribution < 1.29 is 22.7 Å². The molecule has 0 aliphatic carbocycles. The number of nitrogens with zero attached hydrogens (tertiary/aromatic N) is 2. The Bertz CT molecular complexity index is 1660. The molecule has 0 saturated heterocycles. The maximum absolute atomic E-state index is 14.3. The van der Waals surface area contributed by atoms with E-state index in [1.807, 2.05) is 61.5 Å². The summed E-state index contributed by atoms with van der Waals surface area (Å²) < 4.78 is 34.3. The van der Waals surface area contributed by atoms with Gasteiger partial charge >= 0.3 is 0 Å². The van der Waals surface area contributed by atoms with E-state index >= 15 is 0 Å². The molecule has 1 N–H and O–H groups in total. The van der Waals surface area contributed by atoms with Gasteiger partial charge in [-0.2, -0.15) is 0 Å². The fourth-order valence-electron chi connectivity index (χ4n) is 4.73. The molecule has 4 rings (SSSR count). The number of hydrogen-bond donors (Lipinski definition) is 1. The molecular weight excluding hydrogens is 586 g/mol. The summed E-state index contributed by atoms with van der Waals surface area (Å²) in [7, 11) is -1.24. The average Bonchev–Trinajstić information content (AvgIpc) is 3.02. The molecule has 0 bridgehead atoms. The van der Waals surface area contributed by atoms with Crippen LogP contribution in [0.5, 0.6) is 5.75 Å². The van der Waals surface area contributed by atoms with Crippen LogP contribution in [-0.2, 0) is 32.6 Å². The molecule has 0 unspecified atom stereocenters. The number of carbonyl (C=O) groups is 2. The number of hydrogen-bond acceptors (Lipinski definition) is 5. The van der Waals surface area contributed by atoms with Gasteiger partial charge in [-0.05, 0) is 66.1 Å². The van der Waals surface area contributed by atoms with Crippen LogP contribution in [0.15, 0.2) is 108 Å². The third kappa shape index (κ3) is 7.74. The van der Waals surface area contributed by atoms with Gasteiger partial charge in [0.25, 0.3) is 10.0 Å². The summed E-state index contributed by atoms with van der Waals surface area (Å²) in [5.74, 6) is -0.425.